The minimum Gasteiger partial charge on any atom is -0.392 e. The van der Waals surface area contributed by atoms with Gasteiger partial charge in [-0.2, -0.15) is 0 Å². The molecular formula is C24H48N4O6. The number of nitrogens with one attached hydrogen (secondary N) is 2. The molecule has 1 rings (SSSR count). The summed E-state index contributed by atoms with van der Waals surface area (Å²) in [5, 5.41) is 44.1. The highest BCUT2D eigenvalue weighted by Gasteiger charge is 2.32. The Morgan fingerprint density at radius 3 is 1.18 bits per heavy atom. The number of aliphatic hydroxyl groups is 4. The van der Waals surface area contributed by atoms with Crippen LogP contribution in [0.4, 0.5) is 0 Å². The average Bonchev–Trinajstić information content (AvgIpc) is 2.69. The van der Waals surface area contributed by atoms with E-state index in [0.29, 0.717) is 52.1 Å². The molecule has 1 saturated heterocycles. The van der Waals surface area contributed by atoms with E-state index in [2.05, 4.69) is 10.6 Å². The number of carbonyl (C=O) groups excluding carboxylic acids is 2. The maximum atomic E-state index is 12.5. The number of piperazine rings is 1. The highest BCUT2D eigenvalue weighted by atomic mass is 16.3. The third-order valence-corrected chi connectivity index (χ3v) is 5.79. The van der Waals surface area contributed by atoms with Crippen LogP contribution in [0.3, 0.4) is 0 Å². The topological polar surface area (TPSA) is 146 Å². The van der Waals surface area contributed by atoms with Gasteiger partial charge in [-0.3, -0.25) is 19.4 Å². The molecule has 0 saturated carbocycles. The van der Waals surface area contributed by atoms with E-state index >= 15 is 0 Å². The largest absolute Gasteiger partial charge is 0.392 e. The molecule has 0 aromatic heterocycles. The molecule has 6 N–H and O–H groups in total. The molecule has 1 heterocycles. The molecular weight excluding hydrogens is 440 g/mol. The Hall–Kier alpha value is -1.30. The zero-order valence-electron chi connectivity index (χ0n) is 21.4. The molecule has 0 aliphatic carbocycles. The molecule has 2 unspecified atom stereocenters. The monoisotopic (exact) mass is 488 g/mol. The summed E-state index contributed by atoms with van der Waals surface area (Å²) in [6.07, 6.45) is 2.32. The van der Waals surface area contributed by atoms with Gasteiger partial charge in [0.2, 0.25) is 11.8 Å². The summed E-state index contributed by atoms with van der Waals surface area (Å²) < 4.78 is 0. The molecule has 0 spiro atoms. The molecule has 10 heteroatoms. The second-order valence-electron chi connectivity index (χ2n) is 10.0. The number of hydrogen-bond donors (Lipinski definition) is 6. The van der Waals surface area contributed by atoms with E-state index in [9.17, 15) is 30.0 Å². The van der Waals surface area contributed by atoms with Crippen LogP contribution in [0, 0.1) is 0 Å². The van der Waals surface area contributed by atoms with Crippen LogP contribution in [0.15, 0.2) is 0 Å². The lowest BCUT2D eigenvalue weighted by Crippen LogP contribution is -2.61. The van der Waals surface area contributed by atoms with Gasteiger partial charge in [-0.25, -0.2) is 0 Å². The smallest absolute Gasteiger partial charge is 0.243 e. The van der Waals surface area contributed by atoms with Crippen molar-refractivity contribution in [3.8, 4) is 0 Å². The maximum Gasteiger partial charge on any atom is 0.243 e. The quantitative estimate of drug-likeness (QED) is 0.141. The lowest BCUT2D eigenvalue weighted by Gasteiger charge is -2.30. The van der Waals surface area contributed by atoms with Gasteiger partial charge < -0.3 is 31.1 Å². The molecule has 0 aromatic rings. The first-order valence-electron chi connectivity index (χ1n) is 12.8. The van der Waals surface area contributed by atoms with Crippen molar-refractivity contribution < 1.29 is 30.0 Å². The van der Waals surface area contributed by atoms with Crippen molar-refractivity contribution in [3.05, 3.63) is 0 Å². The van der Waals surface area contributed by atoms with E-state index < -0.39 is 36.5 Å². The minimum absolute atomic E-state index is 0.153. The molecule has 10 nitrogen and oxygen atoms in total. The number of aliphatic hydroxyl groups excluding tert-OH is 4. The van der Waals surface area contributed by atoms with E-state index in [0.717, 1.165) is 25.7 Å². The number of hydrogen-bond acceptors (Lipinski definition) is 8. The molecule has 0 aromatic carbocycles. The highest BCUT2D eigenvalue weighted by molar-refractivity contribution is 5.96. The Kier molecular flexibility index (Phi) is 14.8. The van der Waals surface area contributed by atoms with Gasteiger partial charge in [0.1, 0.15) is 12.1 Å². The summed E-state index contributed by atoms with van der Waals surface area (Å²) in [6, 6.07) is -1.06. The molecule has 0 bridgehead atoms. The standard InChI is InChI=1S/C24H48N4O6/c1-17(29)13-27(14-18(2)30)11-7-5-9-21-23(33)26-22(24(34)25-21)10-6-8-12-28(15-19(3)31)16-20(4)32/h17-22,29-32H,5-16H2,1-4H3,(H,25,34)(H,26,33)/t17-,18-,19-,20-,21?,22?/m1/s1. The summed E-state index contributed by atoms with van der Waals surface area (Å²) in [7, 11) is 0. The summed E-state index contributed by atoms with van der Waals surface area (Å²) in [4.78, 5) is 29.0. The Labute approximate surface area is 204 Å². The van der Waals surface area contributed by atoms with Crippen molar-refractivity contribution in [1.29, 1.82) is 0 Å². The van der Waals surface area contributed by atoms with Gasteiger partial charge in [-0.1, -0.05) is 0 Å². The van der Waals surface area contributed by atoms with Crippen LogP contribution in [0.25, 0.3) is 0 Å². The summed E-state index contributed by atoms with van der Waals surface area (Å²) >= 11 is 0. The maximum absolute atomic E-state index is 12.5. The zero-order valence-corrected chi connectivity index (χ0v) is 21.4. The molecule has 1 fully saturated rings. The van der Waals surface area contributed by atoms with Gasteiger partial charge in [-0.15, -0.1) is 0 Å². The number of unbranched alkanes of at least 4 members (excludes halogenated alkanes) is 2. The van der Waals surface area contributed by atoms with Gasteiger partial charge in [0.25, 0.3) is 0 Å². The van der Waals surface area contributed by atoms with Crippen molar-refractivity contribution in [2.45, 2.75) is 103 Å². The van der Waals surface area contributed by atoms with Crippen LogP contribution in [0.5, 0.6) is 0 Å². The van der Waals surface area contributed by atoms with Crippen LogP contribution >= 0.6 is 0 Å². The molecule has 1 aliphatic heterocycles. The van der Waals surface area contributed by atoms with Crippen LogP contribution in [0.1, 0.15) is 66.2 Å². The normalized spacial score (nSPS) is 22.4. The Morgan fingerprint density at radius 2 is 0.912 bits per heavy atom. The second kappa shape index (κ2) is 16.4. The SMILES string of the molecule is C[C@@H](O)CN(CCCCC1NC(=O)C(CCCCN(C[C@@H](C)O)C[C@@H](C)O)NC1=O)C[C@@H](C)O. The summed E-state index contributed by atoms with van der Waals surface area (Å²) in [5.41, 5.74) is 0. The third kappa shape index (κ3) is 13.6. The first-order chi connectivity index (χ1) is 16.0. The molecule has 1 aliphatic rings. The number of carbonyl (C=O) groups is 2. The van der Waals surface area contributed by atoms with Gasteiger partial charge in [0.15, 0.2) is 0 Å². The first-order valence-corrected chi connectivity index (χ1v) is 12.8. The van der Waals surface area contributed by atoms with Gasteiger partial charge in [-0.05, 0) is 79.3 Å². The average molecular weight is 489 g/mol. The summed E-state index contributed by atoms with van der Waals surface area (Å²) in [5.74, 6) is -0.307. The van der Waals surface area contributed by atoms with Gasteiger partial charge >= 0.3 is 0 Å². The second-order valence-corrected chi connectivity index (χ2v) is 10.0. The summed E-state index contributed by atoms with van der Waals surface area (Å²) in [6.45, 7) is 10.2. The van der Waals surface area contributed by atoms with Crippen molar-refractivity contribution in [1.82, 2.24) is 20.4 Å². The Bertz CT molecular complexity index is 518. The van der Waals surface area contributed by atoms with Crippen molar-refractivity contribution in [3.63, 3.8) is 0 Å². The fourth-order valence-electron chi connectivity index (χ4n) is 4.46. The van der Waals surface area contributed by atoms with Crippen LogP contribution in [0.2, 0.25) is 0 Å². The van der Waals surface area contributed by atoms with E-state index in [-0.39, 0.29) is 11.8 Å². The first kappa shape index (κ1) is 30.7. The molecule has 200 valence electrons. The third-order valence-electron chi connectivity index (χ3n) is 5.79. The van der Waals surface area contributed by atoms with Gasteiger partial charge in [0, 0.05) is 26.2 Å². The molecule has 6 atom stereocenters. The molecule has 0 radical (unpaired) electrons. The van der Waals surface area contributed by atoms with Crippen molar-refractivity contribution in [2.75, 3.05) is 39.3 Å². The van der Waals surface area contributed by atoms with E-state index in [1.807, 2.05) is 9.80 Å². The van der Waals surface area contributed by atoms with E-state index in [4.69, 9.17) is 0 Å². The van der Waals surface area contributed by atoms with Crippen molar-refractivity contribution in [2.24, 2.45) is 0 Å². The van der Waals surface area contributed by atoms with Crippen molar-refractivity contribution >= 4 is 11.8 Å². The lowest BCUT2D eigenvalue weighted by molar-refractivity contribution is -0.137. The number of rotatable bonds is 18. The Morgan fingerprint density at radius 1 is 0.618 bits per heavy atom. The number of nitrogens with zero attached hydrogens (tertiary/aromatic N) is 2. The highest BCUT2D eigenvalue weighted by Crippen LogP contribution is 2.12. The predicted molar refractivity (Wildman–Crippen MR) is 131 cm³/mol. The van der Waals surface area contributed by atoms with Crippen LogP contribution in [-0.2, 0) is 9.59 Å². The zero-order chi connectivity index (χ0) is 25.7. The predicted octanol–water partition coefficient (Wildman–Crippen LogP) is -0.563. The Balaban J connectivity index is 2.34. The number of amides is 2. The van der Waals surface area contributed by atoms with Crippen LogP contribution in [-0.4, -0.2) is 118 Å². The molecule has 34 heavy (non-hydrogen) atoms. The van der Waals surface area contributed by atoms with E-state index in [1.165, 1.54) is 0 Å². The fraction of sp³-hybridized carbons (Fsp3) is 0.917. The van der Waals surface area contributed by atoms with Crippen LogP contribution < -0.4 is 10.6 Å². The van der Waals surface area contributed by atoms with E-state index in [1.54, 1.807) is 27.7 Å². The minimum atomic E-state index is -0.529. The fourth-order valence-corrected chi connectivity index (χ4v) is 4.46. The lowest BCUT2D eigenvalue weighted by atomic mass is 10.0. The molecule has 2 amide bonds. The van der Waals surface area contributed by atoms with Gasteiger partial charge in [0.05, 0.1) is 24.4 Å².